The molecule has 3 aromatic carbocycles. The van der Waals surface area contributed by atoms with Crippen LogP contribution in [0.4, 0.5) is 17.1 Å². The SMILES string of the molecule is O=C(O)c1cc(S(=O)(=O)Nc2ccc(Nc3ccccc3)cc2)ccc1Cl. The Hall–Kier alpha value is -3.03. The third kappa shape index (κ3) is 4.58. The number of halogens is 1. The molecule has 0 aromatic heterocycles. The molecule has 0 unspecified atom stereocenters. The van der Waals surface area contributed by atoms with Gasteiger partial charge in [-0.2, -0.15) is 0 Å². The first-order chi connectivity index (χ1) is 12.8. The summed E-state index contributed by atoms with van der Waals surface area (Å²) >= 11 is 5.78. The molecule has 6 nitrogen and oxygen atoms in total. The Labute approximate surface area is 161 Å². The van der Waals surface area contributed by atoms with Gasteiger partial charge >= 0.3 is 5.97 Å². The molecule has 3 aromatic rings. The first kappa shape index (κ1) is 18.8. The van der Waals surface area contributed by atoms with Crippen LogP contribution in [0.25, 0.3) is 0 Å². The van der Waals surface area contributed by atoms with Crippen molar-refractivity contribution in [3.63, 3.8) is 0 Å². The number of hydrogen-bond acceptors (Lipinski definition) is 4. The maximum absolute atomic E-state index is 12.5. The Balaban J connectivity index is 1.78. The number of carboxylic acid groups (broad SMARTS) is 1. The van der Waals surface area contributed by atoms with E-state index in [0.717, 1.165) is 17.4 Å². The minimum Gasteiger partial charge on any atom is -0.478 e. The van der Waals surface area contributed by atoms with Crippen LogP contribution >= 0.6 is 11.6 Å². The van der Waals surface area contributed by atoms with E-state index < -0.39 is 16.0 Å². The highest BCUT2D eigenvalue weighted by molar-refractivity contribution is 7.92. The Morgan fingerprint density at radius 1 is 0.852 bits per heavy atom. The minimum absolute atomic E-state index is 0.0298. The molecular formula is C19H15ClN2O4S. The van der Waals surface area contributed by atoms with E-state index in [0.29, 0.717) is 5.69 Å². The Kier molecular flexibility index (Phi) is 5.34. The van der Waals surface area contributed by atoms with E-state index in [9.17, 15) is 13.2 Å². The second-order valence-corrected chi connectivity index (χ2v) is 7.71. The molecular weight excluding hydrogens is 388 g/mol. The molecule has 3 rings (SSSR count). The summed E-state index contributed by atoms with van der Waals surface area (Å²) in [5.41, 5.74) is 1.78. The lowest BCUT2D eigenvalue weighted by Gasteiger charge is -2.11. The molecule has 0 saturated heterocycles. The minimum atomic E-state index is -3.95. The molecule has 0 aliphatic rings. The van der Waals surface area contributed by atoms with Gasteiger partial charge in [-0.05, 0) is 54.6 Å². The lowest BCUT2D eigenvalue weighted by molar-refractivity contribution is 0.0697. The van der Waals surface area contributed by atoms with E-state index in [1.807, 2.05) is 30.3 Å². The molecule has 138 valence electrons. The van der Waals surface area contributed by atoms with Crippen LogP contribution in [-0.4, -0.2) is 19.5 Å². The molecule has 3 N–H and O–H groups in total. The maximum atomic E-state index is 12.5. The Morgan fingerprint density at radius 2 is 1.44 bits per heavy atom. The molecule has 0 bridgehead atoms. The van der Waals surface area contributed by atoms with Crippen LogP contribution in [0.2, 0.25) is 5.02 Å². The average Bonchev–Trinajstić information content (AvgIpc) is 2.64. The molecule has 0 aliphatic carbocycles. The zero-order valence-corrected chi connectivity index (χ0v) is 15.5. The number of carboxylic acids is 1. The summed E-state index contributed by atoms with van der Waals surface area (Å²) < 4.78 is 27.4. The van der Waals surface area contributed by atoms with Gasteiger partial charge in [-0.1, -0.05) is 29.8 Å². The van der Waals surface area contributed by atoms with Crippen LogP contribution in [0.5, 0.6) is 0 Å². The zero-order valence-electron chi connectivity index (χ0n) is 13.9. The largest absolute Gasteiger partial charge is 0.478 e. The van der Waals surface area contributed by atoms with E-state index >= 15 is 0 Å². The highest BCUT2D eigenvalue weighted by atomic mass is 35.5. The van der Waals surface area contributed by atoms with Crippen molar-refractivity contribution in [1.82, 2.24) is 0 Å². The Bertz CT molecular complexity index is 1070. The lowest BCUT2D eigenvalue weighted by atomic mass is 10.2. The summed E-state index contributed by atoms with van der Waals surface area (Å²) in [4.78, 5) is 11.0. The van der Waals surface area contributed by atoms with Crippen molar-refractivity contribution in [2.45, 2.75) is 4.90 Å². The van der Waals surface area contributed by atoms with Gasteiger partial charge in [0.05, 0.1) is 15.5 Å². The van der Waals surface area contributed by atoms with Crippen LogP contribution in [-0.2, 0) is 10.0 Å². The van der Waals surface area contributed by atoms with E-state index in [-0.39, 0.29) is 15.5 Å². The number of benzene rings is 3. The van der Waals surface area contributed by atoms with Crippen molar-refractivity contribution < 1.29 is 18.3 Å². The summed E-state index contributed by atoms with van der Waals surface area (Å²) in [6.07, 6.45) is 0. The number of sulfonamides is 1. The number of para-hydroxylation sites is 1. The molecule has 0 aliphatic heterocycles. The molecule has 0 heterocycles. The lowest BCUT2D eigenvalue weighted by Crippen LogP contribution is -2.14. The predicted molar refractivity (Wildman–Crippen MR) is 105 cm³/mol. The summed E-state index contributed by atoms with van der Waals surface area (Å²) in [6.45, 7) is 0. The van der Waals surface area contributed by atoms with Gasteiger partial charge in [0.15, 0.2) is 0 Å². The summed E-state index contributed by atoms with van der Waals surface area (Å²) in [7, 11) is -3.95. The highest BCUT2D eigenvalue weighted by Gasteiger charge is 2.18. The van der Waals surface area contributed by atoms with Gasteiger partial charge in [-0.3, -0.25) is 4.72 Å². The van der Waals surface area contributed by atoms with Gasteiger partial charge < -0.3 is 10.4 Å². The fraction of sp³-hybridized carbons (Fsp3) is 0. The summed E-state index contributed by atoms with van der Waals surface area (Å²) in [5.74, 6) is -1.30. The van der Waals surface area contributed by atoms with Crippen molar-refractivity contribution in [3.8, 4) is 0 Å². The maximum Gasteiger partial charge on any atom is 0.337 e. The normalized spacial score (nSPS) is 11.0. The Morgan fingerprint density at radius 3 is 2.07 bits per heavy atom. The number of carbonyl (C=O) groups is 1. The number of nitrogens with one attached hydrogen (secondary N) is 2. The van der Waals surface area contributed by atoms with Crippen LogP contribution in [0.15, 0.2) is 77.7 Å². The van der Waals surface area contributed by atoms with E-state index in [1.54, 1.807) is 24.3 Å². The second-order valence-electron chi connectivity index (χ2n) is 5.62. The van der Waals surface area contributed by atoms with E-state index in [1.165, 1.54) is 12.1 Å². The van der Waals surface area contributed by atoms with Crippen LogP contribution in [0.1, 0.15) is 10.4 Å². The highest BCUT2D eigenvalue weighted by Crippen LogP contribution is 2.24. The molecule has 0 spiro atoms. The molecule has 0 radical (unpaired) electrons. The quantitative estimate of drug-likeness (QED) is 0.560. The number of anilines is 3. The van der Waals surface area contributed by atoms with Crippen molar-refractivity contribution in [3.05, 3.63) is 83.4 Å². The topological polar surface area (TPSA) is 95.5 Å². The molecule has 8 heteroatoms. The van der Waals surface area contributed by atoms with Crippen molar-refractivity contribution in [1.29, 1.82) is 0 Å². The van der Waals surface area contributed by atoms with Gasteiger partial charge in [0.2, 0.25) is 0 Å². The summed E-state index contributed by atoms with van der Waals surface area (Å²) in [5, 5.41) is 12.3. The number of aromatic carboxylic acids is 1. The first-order valence-electron chi connectivity index (χ1n) is 7.83. The number of rotatable bonds is 6. The van der Waals surface area contributed by atoms with Crippen molar-refractivity contribution in [2.24, 2.45) is 0 Å². The molecule has 27 heavy (non-hydrogen) atoms. The number of hydrogen-bond donors (Lipinski definition) is 3. The van der Waals surface area contributed by atoms with Gasteiger partial charge in [-0.15, -0.1) is 0 Å². The van der Waals surface area contributed by atoms with Crippen LogP contribution in [0, 0.1) is 0 Å². The summed E-state index contributed by atoms with van der Waals surface area (Å²) in [6, 6.07) is 19.8. The van der Waals surface area contributed by atoms with Gasteiger partial charge in [-0.25, -0.2) is 13.2 Å². The fourth-order valence-corrected chi connectivity index (χ4v) is 3.64. The second kappa shape index (κ2) is 7.69. The van der Waals surface area contributed by atoms with E-state index in [4.69, 9.17) is 16.7 Å². The smallest absolute Gasteiger partial charge is 0.337 e. The van der Waals surface area contributed by atoms with E-state index in [2.05, 4.69) is 10.0 Å². The van der Waals surface area contributed by atoms with Crippen LogP contribution < -0.4 is 10.0 Å². The molecule has 0 amide bonds. The first-order valence-corrected chi connectivity index (χ1v) is 9.69. The standard InChI is InChI=1S/C19H15ClN2O4S/c20-18-11-10-16(12-17(18)19(23)24)27(25,26)22-15-8-6-14(7-9-15)21-13-4-2-1-3-5-13/h1-12,21-22H,(H,23,24). The van der Waals surface area contributed by atoms with Gasteiger partial charge in [0.1, 0.15) is 0 Å². The van der Waals surface area contributed by atoms with Crippen molar-refractivity contribution in [2.75, 3.05) is 10.0 Å². The third-order valence-electron chi connectivity index (χ3n) is 3.68. The van der Waals surface area contributed by atoms with Crippen LogP contribution in [0.3, 0.4) is 0 Å². The third-order valence-corrected chi connectivity index (χ3v) is 5.39. The van der Waals surface area contributed by atoms with Gasteiger partial charge in [0, 0.05) is 17.1 Å². The average molecular weight is 403 g/mol. The monoisotopic (exact) mass is 402 g/mol. The zero-order chi connectivity index (χ0) is 19.4. The molecule has 0 fully saturated rings. The molecule has 0 atom stereocenters. The fourth-order valence-electron chi connectivity index (χ4n) is 2.36. The predicted octanol–water partition coefficient (Wildman–Crippen LogP) is 4.58. The van der Waals surface area contributed by atoms with Crippen molar-refractivity contribution >= 4 is 44.7 Å². The molecule has 0 saturated carbocycles. The van der Waals surface area contributed by atoms with Gasteiger partial charge in [0.25, 0.3) is 10.0 Å².